The Hall–Kier alpha value is -2.31. The number of nitrogens with zero attached hydrogens (tertiary/aromatic N) is 2. The maximum atomic E-state index is 12.9. The van der Waals surface area contributed by atoms with Crippen LogP contribution < -0.4 is 5.32 Å². The molecular formula is C15H16F3N3O. The predicted octanol–water partition coefficient (Wildman–Crippen LogP) is 2.93. The van der Waals surface area contributed by atoms with E-state index in [0.29, 0.717) is 17.7 Å². The van der Waals surface area contributed by atoms with Crippen molar-refractivity contribution in [1.82, 2.24) is 15.1 Å². The van der Waals surface area contributed by atoms with E-state index < -0.39 is 17.6 Å². The lowest BCUT2D eigenvalue weighted by atomic mass is 10.1. The molecule has 0 spiro atoms. The summed E-state index contributed by atoms with van der Waals surface area (Å²) >= 11 is 0. The van der Waals surface area contributed by atoms with Crippen LogP contribution in [0.5, 0.6) is 0 Å². The second-order valence-electron chi connectivity index (χ2n) is 4.85. The van der Waals surface area contributed by atoms with E-state index in [2.05, 4.69) is 10.4 Å². The van der Waals surface area contributed by atoms with Gasteiger partial charge in [-0.15, -0.1) is 0 Å². The van der Waals surface area contributed by atoms with Gasteiger partial charge in [0.25, 0.3) is 5.91 Å². The average Bonchev–Trinajstić information content (AvgIpc) is 2.85. The summed E-state index contributed by atoms with van der Waals surface area (Å²) in [5, 5.41) is 6.66. The molecule has 22 heavy (non-hydrogen) atoms. The quantitative estimate of drug-likeness (QED) is 0.943. The van der Waals surface area contributed by atoms with E-state index >= 15 is 0 Å². The number of carbonyl (C=O) groups excluding carboxylic acids is 1. The summed E-state index contributed by atoms with van der Waals surface area (Å²) in [5.41, 5.74) is 0.293. The Morgan fingerprint density at radius 3 is 2.64 bits per heavy atom. The second kappa shape index (κ2) is 6.21. The molecule has 0 saturated heterocycles. The van der Waals surface area contributed by atoms with Crippen molar-refractivity contribution < 1.29 is 18.0 Å². The molecular weight excluding hydrogens is 295 g/mol. The Kier molecular flexibility index (Phi) is 4.54. The fourth-order valence-electron chi connectivity index (χ4n) is 2.21. The first-order chi connectivity index (χ1) is 10.3. The maximum absolute atomic E-state index is 12.9. The van der Waals surface area contributed by atoms with Crippen LogP contribution in [-0.4, -0.2) is 15.7 Å². The summed E-state index contributed by atoms with van der Waals surface area (Å²) in [6.07, 6.45) is -2.31. The maximum Gasteiger partial charge on any atom is 0.416 e. The van der Waals surface area contributed by atoms with E-state index in [1.54, 1.807) is 13.2 Å². The first kappa shape index (κ1) is 16.1. The lowest BCUT2D eigenvalue weighted by Gasteiger charge is -2.13. The van der Waals surface area contributed by atoms with Gasteiger partial charge in [0.1, 0.15) is 0 Å². The summed E-state index contributed by atoms with van der Waals surface area (Å²) in [7, 11) is 1.69. The number of hydrogen-bond donors (Lipinski definition) is 1. The molecule has 0 unspecified atom stereocenters. The number of benzene rings is 1. The molecule has 1 heterocycles. The molecule has 0 aliphatic rings. The largest absolute Gasteiger partial charge is 0.416 e. The third-order valence-electron chi connectivity index (χ3n) is 3.25. The van der Waals surface area contributed by atoms with Gasteiger partial charge in [-0.3, -0.25) is 9.48 Å². The van der Waals surface area contributed by atoms with Gasteiger partial charge in [0.2, 0.25) is 0 Å². The van der Waals surface area contributed by atoms with Crippen LogP contribution in [0, 0.1) is 0 Å². The number of alkyl halides is 3. The number of halogens is 3. The lowest BCUT2D eigenvalue weighted by Crippen LogP contribution is -2.25. The average molecular weight is 311 g/mol. The van der Waals surface area contributed by atoms with E-state index in [-0.39, 0.29) is 12.1 Å². The molecule has 0 bridgehead atoms. The van der Waals surface area contributed by atoms with Gasteiger partial charge in [-0.25, -0.2) is 0 Å². The molecule has 1 aromatic heterocycles. The molecule has 1 N–H and O–H groups in total. The Morgan fingerprint density at radius 1 is 1.32 bits per heavy atom. The molecule has 1 amide bonds. The van der Waals surface area contributed by atoms with Crippen molar-refractivity contribution in [3.05, 3.63) is 52.8 Å². The van der Waals surface area contributed by atoms with E-state index in [1.165, 1.54) is 22.9 Å². The molecule has 0 saturated carbocycles. The predicted molar refractivity (Wildman–Crippen MR) is 75.2 cm³/mol. The highest BCUT2D eigenvalue weighted by Gasteiger charge is 2.32. The number of nitrogens with one attached hydrogen (secondary N) is 1. The first-order valence-corrected chi connectivity index (χ1v) is 6.78. The zero-order valence-corrected chi connectivity index (χ0v) is 12.2. The van der Waals surface area contributed by atoms with Gasteiger partial charge in [0.15, 0.2) is 0 Å². The molecule has 7 heteroatoms. The summed E-state index contributed by atoms with van der Waals surface area (Å²) in [5.74, 6) is -0.429. The Bertz CT molecular complexity index is 677. The van der Waals surface area contributed by atoms with Crippen LogP contribution in [0.25, 0.3) is 0 Å². The topological polar surface area (TPSA) is 46.9 Å². The van der Waals surface area contributed by atoms with Crippen LogP contribution in [0.3, 0.4) is 0 Å². The summed E-state index contributed by atoms with van der Waals surface area (Å²) in [6, 6.07) is 5.19. The molecule has 0 aliphatic heterocycles. The molecule has 4 nitrogen and oxygen atoms in total. The van der Waals surface area contributed by atoms with Gasteiger partial charge in [0.05, 0.1) is 16.8 Å². The van der Waals surface area contributed by atoms with Crippen LogP contribution in [0.15, 0.2) is 30.5 Å². The minimum atomic E-state index is -4.44. The van der Waals surface area contributed by atoms with Gasteiger partial charge in [-0.05, 0) is 18.1 Å². The van der Waals surface area contributed by atoms with Crippen molar-refractivity contribution in [2.45, 2.75) is 26.1 Å². The first-order valence-electron chi connectivity index (χ1n) is 6.78. The molecule has 0 fully saturated rings. The van der Waals surface area contributed by atoms with Crippen molar-refractivity contribution in [3.63, 3.8) is 0 Å². The Morgan fingerprint density at radius 2 is 2.00 bits per heavy atom. The fourth-order valence-corrected chi connectivity index (χ4v) is 2.21. The minimum absolute atomic E-state index is 0.0327. The number of aryl methyl sites for hydroxylation is 2. The number of amides is 1. The highest BCUT2D eigenvalue weighted by Crippen LogP contribution is 2.31. The number of aromatic nitrogens is 2. The van der Waals surface area contributed by atoms with Crippen LogP contribution in [0.4, 0.5) is 13.2 Å². The van der Waals surface area contributed by atoms with E-state index in [4.69, 9.17) is 0 Å². The van der Waals surface area contributed by atoms with Crippen LogP contribution in [0.1, 0.15) is 34.1 Å². The summed E-state index contributed by atoms with van der Waals surface area (Å²) in [4.78, 5) is 12.1. The second-order valence-corrected chi connectivity index (χ2v) is 4.85. The summed E-state index contributed by atoms with van der Waals surface area (Å²) in [6.45, 7) is 1.67. The molecule has 0 radical (unpaired) electrons. The molecule has 118 valence electrons. The van der Waals surface area contributed by atoms with Gasteiger partial charge in [0, 0.05) is 19.8 Å². The number of rotatable bonds is 4. The van der Waals surface area contributed by atoms with Crippen LogP contribution in [-0.2, 0) is 26.2 Å². The third-order valence-corrected chi connectivity index (χ3v) is 3.25. The van der Waals surface area contributed by atoms with Crippen LogP contribution >= 0.6 is 0 Å². The van der Waals surface area contributed by atoms with Crippen molar-refractivity contribution in [3.8, 4) is 0 Å². The van der Waals surface area contributed by atoms with E-state index in [1.807, 2.05) is 6.92 Å². The lowest BCUT2D eigenvalue weighted by molar-refractivity contribution is -0.138. The molecule has 0 atom stereocenters. The van der Waals surface area contributed by atoms with Gasteiger partial charge < -0.3 is 5.32 Å². The van der Waals surface area contributed by atoms with Crippen LogP contribution in [0.2, 0.25) is 0 Å². The zero-order valence-electron chi connectivity index (χ0n) is 12.2. The fraction of sp³-hybridized carbons (Fsp3) is 0.333. The SMILES string of the molecule is CCc1nn(C)cc1C(=O)NCc1ccccc1C(F)(F)F. The van der Waals surface area contributed by atoms with Crippen molar-refractivity contribution in [2.75, 3.05) is 0 Å². The molecule has 2 aromatic rings. The number of carbonyl (C=O) groups is 1. The standard InChI is InChI=1S/C15H16F3N3O/c1-3-13-11(9-21(2)20-13)14(22)19-8-10-6-4-5-7-12(10)15(16,17)18/h4-7,9H,3,8H2,1-2H3,(H,19,22). The monoisotopic (exact) mass is 311 g/mol. The zero-order chi connectivity index (χ0) is 16.3. The Balaban J connectivity index is 2.15. The molecule has 1 aromatic carbocycles. The Labute approximate surface area is 125 Å². The molecule has 0 aliphatic carbocycles. The highest BCUT2D eigenvalue weighted by molar-refractivity contribution is 5.95. The van der Waals surface area contributed by atoms with Crippen molar-refractivity contribution >= 4 is 5.91 Å². The summed E-state index contributed by atoms with van der Waals surface area (Å²) < 4.78 is 40.2. The number of hydrogen-bond acceptors (Lipinski definition) is 2. The minimum Gasteiger partial charge on any atom is -0.348 e. The highest BCUT2D eigenvalue weighted by atomic mass is 19.4. The van der Waals surface area contributed by atoms with Gasteiger partial charge in [-0.1, -0.05) is 25.1 Å². The van der Waals surface area contributed by atoms with E-state index in [0.717, 1.165) is 6.07 Å². The molecule has 2 rings (SSSR count). The van der Waals surface area contributed by atoms with Gasteiger partial charge in [-0.2, -0.15) is 18.3 Å². The third kappa shape index (κ3) is 3.47. The van der Waals surface area contributed by atoms with E-state index in [9.17, 15) is 18.0 Å². The normalized spacial score (nSPS) is 11.5. The smallest absolute Gasteiger partial charge is 0.348 e. The van der Waals surface area contributed by atoms with Crippen molar-refractivity contribution in [2.24, 2.45) is 7.05 Å². The van der Waals surface area contributed by atoms with Crippen molar-refractivity contribution in [1.29, 1.82) is 0 Å². The van der Waals surface area contributed by atoms with Gasteiger partial charge >= 0.3 is 6.18 Å².